The summed E-state index contributed by atoms with van der Waals surface area (Å²) in [5.41, 5.74) is 12.8. The molecule has 31 heavy (non-hydrogen) atoms. The highest BCUT2D eigenvalue weighted by Crippen LogP contribution is 2.42. The first-order valence-corrected chi connectivity index (χ1v) is 11.2. The van der Waals surface area contributed by atoms with Crippen LogP contribution >= 0.6 is 0 Å². The molecule has 0 N–H and O–H groups in total. The van der Waals surface area contributed by atoms with Gasteiger partial charge < -0.3 is 5.01 Å². The highest BCUT2D eigenvalue weighted by atomic mass is 15.6. The van der Waals surface area contributed by atoms with Crippen LogP contribution in [0, 0.1) is 20.8 Å². The van der Waals surface area contributed by atoms with Crippen LogP contribution in [0.5, 0.6) is 0 Å². The molecule has 0 radical (unpaired) electrons. The first-order valence-electron chi connectivity index (χ1n) is 11.2. The van der Waals surface area contributed by atoms with E-state index in [1.54, 1.807) is 0 Å². The van der Waals surface area contributed by atoms with Crippen molar-refractivity contribution in [1.82, 2.24) is 5.01 Å². The molecule has 0 atom stereocenters. The number of anilines is 1. The minimum atomic E-state index is 0.794. The molecule has 2 rings (SSSR count). The third kappa shape index (κ3) is 5.57. The van der Waals surface area contributed by atoms with Gasteiger partial charge in [0.1, 0.15) is 0 Å². The fraction of sp³-hybridized carbons (Fsp3) is 0.379. The first-order chi connectivity index (χ1) is 14.6. The van der Waals surface area contributed by atoms with Crippen molar-refractivity contribution < 1.29 is 0 Å². The van der Waals surface area contributed by atoms with Crippen LogP contribution in [-0.4, -0.2) is 25.6 Å². The molecular weight excluding hydrogens is 376 g/mol. The van der Waals surface area contributed by atoms with Crippen LogP contribution in [0.15, 0.2) is 54.6 Å². The Hall–Kier alpha value is -2.58. The molecule has 2 nitrogen and oxygen atoms in total. The van der Waals surface area contributed by atoms with E-state index in [1.807, 2.05) is 6.08 Å². The van der Waals surface area contributed by atoms with Crippen molar-refractivity contribution in [1.29, 1.82) is 0 Å². The topological polar surface area (TPSA) is 6.48 Å². The Morgan fingerprint density at radius 3 is 2.10 bits per heavy atom. The molecule has 0 fully saturated rings. The molecular formula is C29H40N2. The van der Waals surface area contributed by atoms with E-state index in [4.69, 9.17) is 0 Å². The Balaban J connectivity index is 3.02. The SMILES string of the molecule is C=CC(=C)Cc1c(C)c(N(CCC)N(C)C)c(C)c(C=C(C)C)c1-c1ccc(C)cc1. The summed E-state index contributed by atoms with van der Waals surface area (Å²) in [6.45, 7) is 22.5. The summed E-state index contributed by atoms with van der Waals surface area (Å²) in [6.07, 6.45) is 6.11. The van der Waals surface area contributed by atoms with Gasteiger partial charge in [-0.1, -0.05) is 73.2 Å². The zero-order chi connectivity index (χ0) is 23.3. The van der Waals surface area contributed by atoms with E-state index in [0.29, 0.717) is 0 Å². The van der Waals surface area contributed by atoms with Gasteiger partial charge in [-0.2, -0.15) is 0 Å². The third-order valence-electron chi connectivity index (χ3n) is 5.78. The summed E-state index contributed by atoms with van der Waals surface area (Å²) in [6, 6.07) is 8.91. The van der Waals surface area contributed by atoms with E-state index in [9.17, 15) is 0 Å². The maximum Gasteiger partial charge on any atom is 0.0589 e. The summed E-state index contributed by atoms with van der Waals surface area (Å²) in [4.78, 5) is 0. The van der Waals surface area contributed by atoms with Crippen molar-refractivity contribution in [3.63, 3.8) is 0 Å². The van der Waals surface area contributed by atoms with Crippen LogP contribution in [0.4, 0.5) is 5.69 Å². The molecule has 0 amide bonds. The summed E-state index contributed by atoms with van der Waals surface area (Å²) < 4.78 is 0. The number of nitrogens with zero attached hydrogens (tertiary/aromatic N) is 2. The molecule has 2 heteroatoms. The zero-order valence-corrected chi connectivity index (χ0v) is 20.9. The number of rotatable bonds is 9. The average Bonchev–Trinajstić information content (AvgIpc) is 2.71. The second kappa shape index (κ2) is 10.6. The van der Waals surface area contributed by atoms with Crippen molar-refractivity contribution in [3.8, 4) is 11.1 Å². The van der Waals surface area contributed by atoms with E-state index >= 15 is 0 Å². The van der Waals surface area contributed by atoms with Gasteiger partial charge in [-0.25, -0.2) is 5.01 Å². The molecule has 166 valence electrons. The first kappa shape index (κ1) is 24.7. The predicted octanol–water partition coefficient (Wildman–Crippen LogP) is 7.68. The molecule has 0 aliphatic carbocycles. The van der Waals surface area contributed by atoms with Crippen molar-refractivity contribution >= 4 is 11.8 Å². The minimum absolute atomic E-state index is 0.794. The number of benzene rings is 2. The summed E-state index contributed by atoms with van der Waals surface area (Å²) in [5, 5.41) is 4.62. The van der Waals surface area contributed by atoms with E-state index in [2.05, 4.69) is 109 Å². The molecule has 0 bridgehead atoms. The van der Waals surface area contributed by atoms with Crippen molar-refractivity contribution in [2.45, 2.75) is 54.4 Å². The van der Waals surface area contributed by atoms with Gasteiger partial charge in [0.25, 0.3) is 0 Å². The average molecular weight is 417 g/mol. The van der Waals surface area contributed by atoms with Gasteiger partial charge >= 0.3 is 0 Å². The highest BCUT2D eigenvalue weighted by Gasteiger charge is 2.24. The quantitative estimate of drug-likeness (QED) is 0.305. The lowest BCUT2D eigenvalue weighted by molar-refractivity contribution is 0.367. The van der Waals surface area contributed by atoms with E-state index in [0.717, 1.165) is 25.0 Å². The van der Waals surface area contributed by atoms with Crippen LogP contribution in [0.1, 0.15) is 55.0 Å². The molecule has 0 aromatic heterocycles. The normalized spacial score (nSPS) is 10.9. The maximum absolute atomic E-state index is 4.26. The van der Waals surface area contributed by atoms with Crippen LogP contribution in [0.2, 0.25) is 0 Å². The van der Waals surface area contributed by atoms with E-state index < -0.39 is 0 Å². The summed E-state index contributed by atoms with van der Waals surface area (Å²) >= 11 is 0. The third-order valence-corrected chi connectivity index (χ3v) is 5.78. The number of hydrogen-bond donors (Lipinski definition) is 0. The number of hydrogen-bond acceptors (Lipinski definition) is 2. The second-order valence-corrected chi connectivity index (χ2v) is 8.96. The van der Waals surface area contributed by atoms with Gasteiger partial charge in [0.2, 0.25) is 0 Å². The summed E-state index contributed by atoms with van der Waals surface area (Å²) in [5.74, 6) is 0. The molecule has 2 aromatic rings. The molecule has 0 spiro atoms. The Kier molecular flexibility index (Phi) is 8.47. The monoisotopic (exact) mass is 416 g/mol. The lowest BCUT2D eigenvalue weighted by Crippen LogP contribution is -2.39. The number of hydrazine groups is 1. The van der Waals surface area contributed by atoms with Gasteiger partial charge in [-0.05, 0) is 80.8 Å². The van der Waals surface area contributed by atoms with Gasteiger partial charge in [0.15, 0.2) is 0 Å². The molecule has 0 unspecified atom stereocenters. The van der Waals surface area contributed by atoms with Gasteiger partial charge in [-0.3, -0.25) is 0 Å². The maximum atomic E-state index is 4.26. The Bertz CT molecular complexity index is 971. The van der Waals surface area contributed by atoms with Crippen molar-refractivity contribution in [3.05, 3.63) is 82.5 Å². The molecule has 2 aromatic carbocycles. The number of allylic oxidation sites excluding steroid dienone is 3. The van der Waals surface area contributed by atoms with Gasteiger partial charge in [0, 0.05) is 20.6 Å². The fourth-order valence-corrected chi connectivity index (χ4v) is 4.24. The highest BCUT2D eigenvalue weighted by molar-refractivity contribution is 5.87. The Morgan fingerprint density at radius 1 is 1.00 bits per heavy atom. The fourth-order valence-electron chi connectivity index (χ4n) is 4.24. The Morgan fingerprint density at radius 2 is 1.61 bits per heavy atom. The van der Waals surface area contributed by atoms with Crippen molar-refractivity contribution in [2.75, 3.05) is 25.6 Å². The molecule has 0 aliphatic rings. The van der Waals surface area contributed by atoms with Crippen LogP contribution in [-0.2, 0) is 6.42 Å². The van der Waals surface area contributed by atoms with Crippen LogP contribution < -0.4 is 5.01 Å². The van der Waals surface area contributed by atoms with E-state index in [1.165, 1.54) is 50.2 Å². The molecule has 0 saturated heterocycles. The smallest absolute Gasteiger partial charge is 0.0589 e. The lowest BCUT2D eigenvalue weighted by Gasteiger charge is -2.36. The second-order valence-electron chi connectivity index (χ2n) is 8.96. The van der Waals surface area contributed by atoms with Crippen molar-refractivity contribution in [2.24, 2.45) is 0 Å². The molecule has 0 aliphatic heterocycles. The van der Waals surface area contributed by atoms with Gasteiger partial charge in [0.05, 0.1) is 5.69 Å². The standard InChI is InChI=1S/C29H40N2/c1-11-17-31(30(9)10)29-23(7)26(18-20(3)4)28(25-15-13-22(6)14-16-25)27(24(29)8)19-21(5)12-2/h12-16,18H,2,5,11,17,19H2,1,3-4,6-10H3. The van der Waals surface area contributed by atoms with Crippen LogP contribution in [0.25, 0.3) is 17.2 Å². The lowest BCUT2D eigenvalue weighted by atomic mass is 9.83. The minimum Gasteiger partial charge on any atom is -0.306 e. The molecule has 0 heterocycles. The zero-order valence-electron chi connectivity index (χ0n) is 20.9. The van der Waals surface area contributed by atoms with E-state index in [-0.39, 0.29) is 0 Å². The Labute approximate surface area is 190 Å². The molecule has 0 saturated carbocycles. The number of aryl methyl sites for hydroxylation is 1. The summed E-state index contributed by atoms with van der Waals surface area (Å²) in [7, 11) is 4.26. The predicted molar refractivity (Wildman–Crippen MR) is 140 cm³/mol. The largest absolute Gasteiger partial charge is 0.306 e. The van der Waals surface area contributed by atoms with Crippen LogP contribution in [0.3, 0.4) is 0 Å². The van der Waals surface area contributed by atoms with Gasteiger partial charge in [-0.15, -0.1) is 0 Å².